The summed E-state index contributed by atoms with van der Waals surface area (Å²) in [5, 5.41) is 3.29. The maximum atomic E-state index is 13.1. The van der Waals surface area contributed by atoms with Crippen LogP contribution < -0.4 is 11.1 Å². The van der Waals surface area contributed by atoms with Crippen LogP contribution in [0.15, 0.2) is 12.1 Å². The Labute approximate surface area is 90.7 Å². The number of rotatable bonds is 3. The molecule has 1 aromatic rings. The Morgan fingerprint density at radius 1 is 1.27 bits per heavy atom. The Kier molecular flexibility index (Phi) is 3.56. The third-order valence-corrected chi connectivity index (χ3v) is 2.71. The first-order chi connectivity index (χ1) is 6.91. The average molecular weight is 210 g/mol. The standard InChI is InChI=1S/C12H19FN2/c1-7(2)9(4)15-12-5-8(3)10(13)6-11(12)14/h5-7,9,15H,14H2,1-4H3. The van der Waals surface area contributed by atoms with E-state index in [0.717, 1.165) is 5.69 Å². The smallest absolute Gasteiger partial charge is 0.128 e. The third kappa shape index (κ3) is 2.85. The molecule has 0 aromatic heterocycles. The van der Waals surface area contributed by atoms with Crippen molar-refractivity contribution in [2.45, 2.75) is 33.7 Å². The van der Waals surface area contributed by atoms with Crippen LogP contribution in [-0.4, -0.2) is 6.04 Å². The normalized spacial score (nSPS) is 12.9. The topological polar surface area (TPSA) is 38.0 Å². The summed E-state index contributed by atoms with van der Waals surface area (Å²) in [6, 6.07) is 3.44. The Morgan fingerprint density at radius 3 is 2.40 bits per heavy atom. The highest BCUT2D eigenvalue weighted by molar-refractivity contribution is 5.67. The van der Waals surface area contributed by atoms with Crippen LogP contribution in [0.25, 0.3) is 0 Å². The summed E-state index contributed by atoms with van der Waals surface area (Å²) in [5.41, 5.74) is 7.63. The summed E-state index contributed by atoms with van der Waals surface area (Å²) in [6.07, 6.45) is 0. The van der Waals surface area contributed by atoms with E-state index in [-0.39, 0.29) is 5.82 Å². The zero-order valence-electron chi connectivity index (χ0n) is 9.76. The van der Waals surface area contributed by atoms with Gasteiger partial charge in [-0.3, -0.25) is 0 Å². The van der Waals surface area contributed by atoms with Gasteiger partial charge in [0.25, 0.3) is 0 Å². The van der Waals surface area contributed by atoms with E-state index in [9.17, 15) is 4.39 Å². The van der Waals surface area contributed by atoms with Gasteiger partial charge in [-0.25, -0.2) is 4.39 Å². The fraction of sp³-hybridized carbons (Fsp3) is 0.500. The lowest BCUT2D eigenvalue weighted by Gasteiger charge is -2.20. The highest BCUT2D eigenvalue weighted by atomic mass is 19.1. The molecule has 3 heteroatoms. The molecule has 0 radical (unpaired) electrons. The molecule has 0 saturated carbocycles. The second kappa shape index (κ2) is 4.51. The zero-order chi connectivity index (χ0) is 11.6. The predicted molar refractivity (Wildman–Crippen MR) is 63.5 cm³/mol. The Balaban J connectivity index is 2.91. The summed E-state index contributed by atoms with van der Waals surface area (Å²) in [4.78, 5) is 0. The molecule has 0 fully saturated rings. The van der Waals surface area contributed by atoms with E-state index in [1.165, 1.54) is 6.07 Å². The van der Waals surface area contributed by atoms with Crippen LogP contribution in [0, 0.1) is 18.7 Å². The van der Waals surface area contributed by atoms with Crippen molar-refractivity contribution >= 4 is 11.4 Å². The molecule has 2 nitrogen and oxygen atoms in total. The van der Waals surface area contributed by atoms with Crippen LogP contribution in [0.1, 0.15) is 26.3 Å². The number of nitrogens with two attached hydrogens (primary N) is 1. The molecule has 0 aliphatic carbocycles. The highest BCUT2D eigenvalue weighted by Crippen LogP contribution is 2.24. The molecule has 0 heterocycles. The lowest BCUT2D eigenvalue weighted by molar-refractivity contribution is 0.560. The molecule has 15 heavy (non-hydrogen) atoms. The summed E-state index contributed by atoms with van der Waals surface area (Å²) in [6.45, 7) is 8.08. The minimum Gasteiger partial charge on any atom is -0.397 e. The predicted octanol–water partition coefficient (Wildman–Crippen LogP) is 3.17. The summed E-state index contributed by atoms with van der Waals surface area (Å²) >= 11 is 0. The van der Waals surface area contributed by atoms with Gasteiger partial charge in [-0.05, 0) is 37.5 Å². The van der Waals surface area contributed by atoms with Crippen LogP contribution in [0.5, 0.6) is 0 Å². The summed E-state index contributed by atoms with van der Waals surface area (Å²) < 4.78 is 13.1. The van der Waals surface area contributed by atoms with Gasteiger partial charge >= 0.3 is 0 Å². The molecular formula is C12H19FN2. The zero-order valence-corrected chi connectivity index (χ0v) is 9.76. The first-order valence-corrected chi connectivity index (χ1v) is 5.24. The highest BCUT2D eigenvalue weighted by Gasteiger charge is 2.10. The van der Waals surface area contributed by atoms with E-state index in [4.69, 9.17) is 5.73 Å². The van der Waals surface area contributed by atoms with Gasteiger partial charge in [-0.15, -0.1) is 0 Å². The minimum atomic E-state index is -0.254. The van der Waals surface area contributed by atoms with E-state index in [0.29, 0.717) is 23.2 Å². The van der Waals surface area contributed by atoms with Crippen molar-refractivity contribution in [2.24, 2.45) is 5.92 Å². The molecular weight excluding hydrogens is 191 g/mol. The molecule has 0 aliphatic heterocycles. The van der Waals surface area contributed by atoms with Gasteiger partial charge in [0.1, 0.15) is 5.82 Å². The average Bonchev–Trinajstić information content (AvgIpc) is 2.13. The lowest BCUT2D eigenvalue weighted by Crippen LogP contribution is -2.22. The molecule has 0 amide bonds. The maximum Gasteiger partial charge on any atom is 0.128 e. The summed E-state index contributed by atoms with van der Waals surface area (Å²) in [7, 11) is 0. The molecule has 1 atom stereocenters. The number of nitrogen functional groups attached to an aromatic ring is 1. The fourth-order valence-corrected chi connectivity index (χ4v) is 1.23. The van der Waals surface area contributed by atoms with E-state index in [1.54, 1.807) is 13.0 Å². The number of aryl methyl sites for hydroxylation is 1. The first kappa shape index (κ1) is 11.8. The monoisotopic (exact) mass is 210 g/mol. The van der Waals surface area contributed by atoms with E-state index in [2.05, 4.69) is 26.1 Å². The molecule has 3 N–H and O–H groups in total. The van der Waals surface area contributed by atoms with Crippen molar-refractivity contribution in [3.63, 3.8) is 0 Å². The number of hydrogen-bond donors (Lipinski definition) is 2. The molecule has 0 spiro atoms. The van der Waals surface area contributed by atoms with Crippen molar-refractivity contribution < 1.29 is 4.39 Å². The molecule has 1 rings (SSSR count). The quantitative estimate of drug-likeness (QED) is 0.752. The number of hydrogen-bond acceptors (Lipinski definition) is 2. The van der Waals surface area contributed by atoms with Gasteiger partial charge in [0.15, 0.2) is 0 Å². The molecule has 0 aliphatic rings. The molecule has 0 bridgehead atoms. The van der Waals surface area contributed by atoms with Crippen LogP contribution >= 0.6 is 0 Å². The van der Waals surface area contributed by atoms with Gasteiger partial charge < -0.3 is 11.1 Å². The van der Waals surface area contributed by atoms with Crippen molar-refractivity contribution in [1.29, 1.82) is 0 Å². The Morgan fingerprint density at radius 2 is 1.87 bits per heavy atom. The Bertz CT molecular complexity index is 348. The van der Waals surface area contributed by atoms with Gasteiger partial charge in [-0.2, -0.15) is 0 Å². The number of benzene rings is 1. The van der Waals surface area contributed by atoms with Crippen LogP contribution in [0.2, 0.25) is 0 Å². The largest absolute Gasteiger partial charge is 0.397 e. The van der Waals surface area contributed by atoms with Gasteiger partial charge in [0.05, 0.1) is 11.4 Å². The molecule has 0 saturated heterocycles. The van der Waals surface area contributed by atoms with Crippen molar-refractivity contribution in [1.82, 2.24) is 0 Å². The number of anilines is 2. The van der Waals surface area contributed by atoms with Gasteiger partial charge in [0, 0.05) is 6.04 Å². The third-order valence-electron chi connectivity index (χ3n) is 2.71. The second-order valence-electron chi connectivity index (χ2n) is 4.37. The first-order valence-electron chi connectivity index (χ1n) is 5.24. The van der Waals surface area contributed by atoms with Gasteiger partial charge in [0.2, 0.25) is 0 Å². The van der Waals surface area contributed by atoms with Crippen molar-refractivity contribution in [3.8, 4) is 0 Å². The Hall–Kier alpha value is -1.25. The van der Waals surface area contributed by atoms with Crippen LogP contribution in [0.3, 0.4) is 0 Å². The maximum absolute atomic E-state index is 13.1. The fourth-order valence-electron chi connectivity index (χ4n) is 1.23. The van der Waals surface area contributed by atoms with Crippen LogP contribution in [0.4, 0.5) is 15.8 Å². The van der Waals surface area contributed by atoms with Crippen LogP contribution in [-0.2, 0) is 0 Å². The van der Waals surface area contributed by atoms with E-state index in [1.807, 2.05) is 0 Å². The van der Waals surface area contributed by atoms with Crippen molar-refractivity contribution in [2.75, 3.05) is 11.1 Å². The van der Waals surface area contributed by atoms with Gasteiger partial charge in [-0.1, -0.05) is 13.8 Å². The minimum absolute atomic E-state index is 0.254. The number of halogens is 1. The number of nitrogens with one attached hydrogen (secondary N) is 1. The second-order valence-corrected chi connectivity index (χ2v) is 4.37. The van der Waals surface area contributed by atoms with Crippen molar-refractivity contribution in [3.05, 3.63) is 23.5 Å². The van der Waals surface area contributed by atoms with E-state index < -0.39 is 0 Å². The van der Waals surface area contributed by atoms with E-state index >= 15 is 0 Å². The molecule has 84 valence electrons. The lowest BCUT2D eigenvalue weighted by atomic mass is 10.1. The summed E-state index contributed by atoms with van der Waals surface area (Å²) in [5.74, 6) is 0.255. The molecule has 1 aromatic carbocycles. The SMILES string of the molecule is Cc1cc(NC(C)C(C)C)c(N)cc1F. The molecule has 1 unspecified atom stereocenters.